The first-order valence-corrected chi connectivity index (χ1v) is 9.16. The van der Waals surface area contributed by atoms with E-state index in [4.69, 9.17) is 4.74 Å². The summed E-state index contributed by atoms with van der Waals surface area (Å²) in [6.07, 6.45) is 7.02. The Morgan fingerprint density at radius 3 is 2.35 bits per heavy atom. The summed E-state index contributed by atoms with van der Waals surface area (Å²) in [4.78, 5) is 5.58. The van der Waals surface area contributed by atoms with Gasteiger partial charge in [0.2, 0.25) is 0 Å². The lowest BCUT2D eigenvalue weighted by Crippen LogP contribution is -2.10. The van der Waals surface area contributed by atoms with Crippen molar-refractivity contribution in [3.63, 3.8) is 0 Å². The zero-order chi connectivity index (χ0) is 16.7. The number of nitrogens with one attached hydrogen (secondary N) is 1. The fourth-order valence-electron chi connectivity index (χ4n) is 2.48. The maximum absolute atomic E-state index is 5.03. The molecule has 2 aliphatic rings. The van der Waals surface area contributed by atoms with Crippen molar-refractivity contribution in [1.82, 2.24) is 5.32 Å². The summed E-state index contributed by atoms with van der Waals surface area (Å²) in [6.45, 7) is 8.26. The molecule has 1 aliphatic carbocycles. The van der Waals surface area contributed by atoms with E-state index in [9.17, 15) is 0 Å². The van der Waals surface area contributed by atoms with E-state index >= 15 is 0 Å². The number of nitrogens with zero attached hydrogens (tertiary/aromatic N) is 1. The average molecular weight is 330 g/mol. The molecule has 0 amide bonds. The third-order valence-electron chi connectivity index (χ3n) is 4.17. The van der Waals surface area contributed by atoms with E-state index in [1.54, 1.807) is 31.1 Å². The van der Waals surface area contributed by atoms with Crippen LogP contribution in [0.3, 0.4) is 0 Å². The molecule has 1 saturated heterocycles. The molecule has 2 atom stereocenters. The van der Waals surface area contributed by atoms with Gasteiger partial charge in [0.15, 0.2) is 0 Å². The highest BCUT2D eigenvalue weighted by molar-refractivity contribution is 7.98. The summed E-state index contributed by atoms with van der Waals surface area (Å²) < 4.78 is 5.03. The number of rotatable bonds is 5. The van der Waals surface area contributed by atoms with Gasteiger partial charge in [0.1, 0.15) is 5.76 Å². The predicted octanol–water partition coefficient (Wildman–Crippen LogP) is 4.12. The monoisotopic (exact) mass is 330 g/mol. The van der Waals surface area contributed by atoms with Crippen LogP contribution in [0.4, 0.5) is 0 Å². The minimum absolute atomic E-state index is 0.769. The molecule has 23 heavy (non-hydrogen) atoms. The summed E-state index contributed by atoms with van der Waals surface area (Å²) in [7, 11) is 1.63. The van der Waals surface area contributed by atoms with E-state index in [1.807, 2.05) is 19.1 Å². The maximum atomic E-state index is 5.03. The Hall–Kier alpha value is -1.52. The van der Waals surface area contributed by atoms with Gasteiger partial charge < -0.3 is 10.1 Å². The summed E-state index contributed by atoms with van der Waals surface area (Å²) in [5, 5.41) is 3.32. The van der Waals surface area contributed by atoms with E-state index in [-0.39, 0.29) is 0 Å². The van der Waals surface area contributed by atoms with Crippen LogP contribution in [0.1, 0.15) is 18.9 Å². The lowest BCUT2D eigenvalue weighted by atomic mass is 10.1. The van der Waals surface area contributed by atoms with Crippen molar-refractivity contribution >= 4 is 17.5 Å². The first kappa shape index (κ1) is 17.8. The second-order valence-corrected chi connectivity index (χ2v) is 6.68. The number of benzene rings is 1. The Labute approximate surface area is 143 Å². The molecule has 2 unspecified atom stereocenters. The van der Waals surface area contributed by atoms with Gasteiger partial charge in [-0.2, -0.15) is 0 Å². The Kier molecular flexibility index (Phi) is 6.93. The summed E-state index contributed by atoms with van der Waals surface area (Å²) in [5.41, 5.74) is 1.90. The smallest absolute Gasteiger partial charge is 0.111 e. The molecule has 1 aliphatic heterocycles. The van der Waals surface area contributed by atoms with Gasteiger partial charge in [-0.1, -0.05) is 18.7 Å². The fourth-order valence-corrected chi connectivity index (χ4v) is 2.89. The molecule has 0 radical (unpaired) electrons. The quantitative estimate of drug-likeness (QED) is 0.501. The molecular weight excluding hydrogens is 304 g/mol. The first-order valence-electron chi connectivity index (χ1n) is 7.94. The first-order chi connectivity index (χ1) is 11.2. The third kappa shape index (κ3) is 5.56. The van der Waals surface area contributed by atoms with Crippen LogP contribution in [0.5, 0.6) is 0 Å². The van der Waals surface area contributed by atoms with Crippen LogP contribution in [-0.2, 0) is 4.74 Å². The van der Waals surface area contributed by atoms with Gasteiger partial charge in [-0.15, -0.1) is 11.8 Å². The van der Waals surface area contributed by atoms with Crippen molar-refractivity contribution in [2.24, 2.45) is 16.8 Å². The normalized spacial score (nSPS) is 22.7. The molecule has 4 heteroatoms. The van der Waals surface area contributed by atoms with Crippen molar-refractivity contribution < 1.29 is 4.74 Å². The largest absolute Gasteiger partial charge is 0.500 e. The van der Waals surface area contributed by atoms with E-state index in [1.165, 1.54) is 24.4 Å². The SMILES string of the molecule is C1NCC2CC12.C=CC(=N/C=C(\C)OC)c1ccc(SC)cc1. The molecule has 1 aromatic rings. The van der Waals surface area contributed by atoms with E-state index < -0.39 is 0 Å². The van der Waals surface area contributed by atoms with Crippen molar-refractivity contribution in [3.05, 3.63) is 54.4 Å². The highest BCUT2D eigenvalue weighted by atomic mass is 32.2. The molecule has 0 aromatic heterocycles. The van der Waals surface area contributed by atoms with Crippen LogP contribution >= 0.6 is 11.8 Å². The summed E-state index contributed by atoms with van der Waals surface area (Å²) in [5.74, 6) is 2.97. The number of ether oxygens (including phenoxy) is 1. The van der Waals surface area contributed by atoms with Crippen LogP contribution in [0.15, 0.2) is 58.8 Å². The molecule has 1 heterocycles. The average Bonchev–Trinajstić information content (AvgIpc) is 3.21. The van der Waals surface area contributed by atoms with Crippen LogP contribution in [-0.4, -0.2) is 32.2 Å². The molecule has 0 spiro atoms. The minimum Gasteiger partial charge on any atom is -0.500 e. The van der Waals surface area contributed by atoms with Gasteiger partial charge in [-0.05, 0) is 62.7 Å². The highest BCUT2D eigenvalue weighted by Gasteiger charge is 2.40. The minimum atomic E-state index is 0.769. The Bertz CT molecular complexity index is 570. The van der Waals surface area contributed by atoms with Crippen LogP contribution < -0.4 is 5.32 Å². The third-order valence-corrected chi connectivity index (χ3v) is 4.91. The van der Waals surface area contributed by atoms with Crippen molar-refractivity contribution in [2.75, 3.05) is 26.5 Å². The number of methoxy groups -OCH3 is 1. The zero-order valence-electron chi connectivity index (χ0n) is 14.2. The Morgan fingerprint density at radius 2 is 1.96 bits per heavy atom. The number of fused-ring (bicyclic) bond motifs is 1. The Balaban J connectivity index is 0.000000260. The van der Waals surface area contributed by atoms with Gasteiger partial charge in [0.25, 0.3) is 0 Å². The molecule has 1 saturated carbocycles. The molecule has 124 valence electrons. The second-order valence-electron chi connectivity index (χ2n) is 5.80. The van der Waals surface area contributed by atoms with Crippen LogP contribution in [0.25, 0.3) is 0 Å². The van der Waals surface area contributed by atoms with Crippen molar-refractivity contribution in [1.29, 1.82) is 0 Å². The van der Waals surface area contributed by atoms with Gasteiger partial charge in [-0.3, -0.25) is 4.99 Å². The second kappa shape index (κ2) is 8.94. The number of aliphatic imine (C=N–C) groups is 1. The number of thioether (sulfide) groups is 1. The van der Waals surface area contributed by atoms with E-state index in [0.717, 1.165) is 28.9 Å². The van der Waals surface area contributed by atoms with Crippen molar-refractivity contribution in [2.45, 2.75) is 18.2 Å². The number of allylic oxidation sites excluding steroid dienone is 2. The molecule has 2 fully saturated rings. The van der Waals surface area contributed by atoms with Crippen LogP contribution in [0.2, 0.25) is 0 Å². The van der Waals surface area contributed by atoms with Crippen LogP contribution in [0, 0.1) is 11.8 Å². The molecule has 3 rings (SSSR count). The topological polar surface area (TPSA) is 33.6 Å². The number of hydrogen-bond acceptors (Lipinski definition) is 4. The van der Waals surface area contributed by atoms with E-state index in [2.05, 4.69) is 35.3 Å². The van der Waals surface area contributed by atoms with Gasteiger partial charge in [0, 0.05) is 10.5 Å². The summed E-state index contributed by atoms with van der Waals surface area (Å²) >= 11 is 1.72. The number of hydrogen-bond donors (Lipinski definition) is 1. The molecular formula is C19H26N2OS. The lowest BCUT2D eigenvalue weighted by Gasteiger charge is -2.02. The molecule has 1 aromatic carbocycles. The molecule has 0 bridgehead atoms. The van der Waals surface area contributed by atoms with E-state index in [0.29, 0.717) is 0 Å². The Morgan fingerprint density at radius 1 is 1.30 bits per heavy atom. The van der Waals surface area contributed by atoms with Gasteiger partial charge in [0.05, 0.1) is 19.0 Å². The zero-order valence-corrected chi connectivity index (χ0v) is 15.0. The lowest BCUT2D eigenvalue weighted by molar-refractivity contribution is 0.292. The standard InChI is InChI=1S/C14H17NOS.C5H9N/c1-5-14(15-10-11(2)16-3)12-6-8-13(17-4)9-7-12;1-4-2-6-3-5(1)4/h5-10H,1H2,2-4H3;4-6H,1-3H2/b11-10+,15-14?;. The molecule has 1 N–H and O–H groups in total. The highest BCUT2D eigenvalue weighted by Crippen LogP contribution is 2.40. The molecule has 3 nitrogen and oxygen atoms in total. The predicted molar refractivity (Wildman–Crippen MR) is 100 cm³/mol. The number of piperidine rings is 1. The van der Waals surface area contributed by atoms with Crippen molar-refractivity contribution in [3.8, 4) is 0 Å². The summed E-state index contributed by atoms with van der Waals surface area (Å²) in [6, 6.07) is 8.24. The van der Waals surface area contributed by atoms with Gasteiger partial charge >= 0.3 is 0 Å². The maximum Gasteiger partial charge on any atom is 0.111 e. The fraction of sp³-hybridized carbons (Fsp3) is 0.421. The van der Waals surface area contributed by atoms with Gasteiger partial charge in [-0.25, -0.2) is 0 Å².